The molecule has 0 unspecified atom stereocenters. The smallest absolute Gasteiger partial charge is 0.160 e. The van der Waals surface area contributed by atoms with Crippen LogP contribution in [0, 0.1) is 0 Å². The zero-order chi connectivity index (χ0) is 17.2. The van der Waals surface area contributed by atoms with E-state index in [1.54, 1.807) is 14.2 Å². The average Bonchev–Trinajstić information content (AvgIpc) is 3.18. The molecule has 1 saturated carbocycles. The Bertz CT molecular complexity index is 466. The van der Waals surface area contributed by atoms with Gasteiger partial charge < -0.3 is 19.5 Å². The molecule has 1 heterocycles. The molecule has 24 heavy (non-hydrogen) atoms. The topological polar surface area (TPSA) is 41.9 Å². The Morgan fingerprint density at radius 3 is 2.21 bits per heavy atom. The molecule has 1 aliphatic heterocycles. The number of aliphatic hydroxyl groups is 1. The van der Waals surface area contributed by atoms with Crippen LogP contribution in [-0.4, -0.2) is 50.0 Å². The second-order valence-corrected chi connectivity index (χ2v) is 6.70. The van der Waals surface area contributed by atoms with E-state index in [4.69, 9.17) is 14.6 Å². The molecule has 2 fully saturated rings. The lowest BCUT2D eigenvalue weighted by atomic mass is 9.94. The van der Waals surface area contributed by atoms with Crippen LogP contribution in [0.25, 0.3) is 0 Å². The number of nitrogens with zero attached hydrogens (tertiary/aromatic N) is 1. The highest BCUT2D eigenvalue weighted by molar-refractivity contribution is 5.42. The van der Waals surface area contributed by atoms with E-state index in [0.29, 0.717) is 17.9 Å². The van der Waals surface area contributed by atoms with E-state index in [1.165, 1.54) is 58.0 Å². The van der Waals surface area contributed by atoms with Crippen LogP contribution in [0.3, 0.4) is 0 Å². The van der Waals surface area contributed by atoms with Gasteiger partial charge >= 0.3 is 0 Å². The summed E-state index contributed by atoms with van der Waals surface area (Å²) in [5, 5.41) is 8.74. The fraction of sp³-hybridized carbons (Fsp3) is 0.700. The lowest BCUT2D eigenvalue weighted by Crippen LogP contribution is -2.34. The minimum Gasteiger partial charge on any atom is -0.493 e. The van der Waals surface area contributed by atoms with Gasteiger partial charge in [0.2, 0.25) is 0 Å². The van der Waals surface area contributed by atoms with Crippen molar-refractivity contribution < 1.29 is 14.6 Å². The molecule has 1 saturated heterocycles. The van der Waals surface area contributed by atoms with Crippen molar-refractivity contribution in [3.05, 3.63) is 23.8 Å². The van der Waals surface area contributed by atoms with Crippen LogP contribution in [0.5, 0.6) is 11.5 Å². The molecule has 4 nitrogen and oxygen atoms in total. The van der Waals surface area contributed by atoms with Crippen molar-refractivity contribution in [1.29, 1.82) is 0 Å². The second-order valence-electron chi connectivity index (χ2n) is 6.70. The lowest BCUT2D eigenvalue weighted by Gasteiger charge is -2.30. The van der Waals surface area contributed by atoms with Crippen LogP contribution in [0.4, 0.5) is 0 Å². The van der Waals surface area contributed by atoms with E-state index in [-0.39, 0.29) is 6.61 Å². The summed E-state index contributed by atoms with van der Waals surface area (Å²) in [6.45, 7) is 2.94. The predicted octanol–water partition coefficient (Wildman–Crippen LogP) is 3.65. The normalized spacial score (nSPS) is 18.8. The summed E-state index contributed by atoms with van der Waals surface area (Å²) in [5.74, 6) is 1.41. The quantitative estimate of drug-likeness (QED) is 0.892. The second kappa shape index (κ2) is 10.6. The Hall–Kier alpha value is -1.26. The maximum atomic E-state index is 8.74. The van der Waals surface area contributed by atoms with Gasteiger partial charge in [0.25, 0.3) is 0 Å². The SMILES string of the molecule is C1CCC(N2CCCC2)CC1.COc1ccc(CCO)cc1OC. The molecule has 0 atom stereocenters. The van der Waals surface area contributed by atoms with Crippen LogP contribution in [0.2, 0.25) is 0 Å². The van der Waals surface area contributed by atoms with Gasteiger partial charge in [-0.3, -0.25) is 0 Å². The third kappa shape index (κ3) is 5.67. The Balaban J connectivity index is 0.000000175. The largest absolute Gasteiger partial charge is 0.493 e. The number of hydrogen-bond donors (Lipinski definition) is 1. The molecule has 1 aliphatic carbocycles. The molecule has 0 spiro atoms. The number of ether oxygens (including phenoxy) is 2. The molecule has 0 bridgehead atoms. The van der Waals surface area contributed by atoms with Crippen LogP contribution >= 0.6 is 0 Å². The molecule has 0 radical (unpaired) electrons. The standard InChI is InChI=1S/C10H19N.C10H14O3/c1-2-6-10(7-3-1)11-8-4-5-9-11;1-12-9-4-3-8(5-6-11)7-10(9)13-2/h10H,1-9H2;3-4,7,11H,5-6H2,1-2H3. The van der Waals surface area contributed by atoms with Gasteiger partial charge in [-0.15, -0.1) is 0 Å². The maximum absolute atomic E-state index is 8.74. The van der Waals surface area contributed by atoms with E-state index < -0.39 is 0 Å². The number of rotatable bonds is 5. The Morgan fingerprint density at radius 1 is 0.958 bits per heavy atom. The van der Waals surface area contributed by atoms with Gasteiger partial charge in [0.15, 0.2) is 11.5 Å². The monoisotopic (exact) mass is 335 g/mol. The molecule has 3 rings (SSSR count). The van der Waals surface area contributed by atoms with Crippen molar-refractivity contribution in [2.75, 3.05) is 33.9 Å². The Morgan fingerprint density at radius 2 is 1.62 bits per heavy atom. The van der Waals surface area contributed by atoms with Gasteiger partial charge in [0.05, 0.1) is 14.2 Å². The van der Waals surface area contributed by atoms with E-state index in [9.17, 15) is 0 Å². The fourth-order valence-corrected chi connectivity index (χ4v) is 3.72. The predicted molar refractivity (Wildman–Crippen MR) is 98.0 cm³/mol. The third-order valence-corrected chi connectivity index (χ3v) is 5.08. The van der Waals surface area contributed by atoms with Crippen molar-refractivity contribution >= 4 is 0 Å². The Kier molecular flexibility index (Phi) is 8.40. The third-order valence-electron chi connectivity index (χ3n) is 5.08. The minimum atomic E-state index is 0.148. The highest BCUT2D eigenvalue weighted by atomic mass is 16.5. The lowest BCUT2D eigenvalue weighted by molar-refractivity contribution is 0.191. The zero-order valence-corrected chi connectivity index (χ0v) is 15.3. The molecule has 0 aromatic heterocycles. The minimum absolute atomic E-state index is 0.148. The fourth-order valence-electron chi connectivity index (χ4n) is 3.72. The first-order valence-electron chi connectivity index (χ1n) is 9.34. The van der Waals surface area contributed by atoms with Crippen LogP contribution in [0.15, 0.2) is 18.2 Å². The van der Waals surface area contributed by atoms with Crippen LogP contribution in [-0.2, 0) is 6.42 Å². The molecule has 1 N–H and O–H groups in total. The molecule has 4 heteroatoms. The summed E-state index contributed by atoms with van der Waals surface area (Å²) in [5.41, 5.74) is 1.04. The highest BCUT2D eigenvalue weighted by Gasteiger charge is 2.22. The van der Waals surface area contributed by atoms with E-state index in [2.05, 4.69) is 4.90 Å². The van der Waals surface area contributed by atoms with E-state index in [0.717, 1.165) is 11.6 Å². The summed E-state index contributed by atoms with van der Waals surface area (Å²) < 4.78 is 10.2. The van der Waals surface area contributed by atoms with E-state index >= 15 is 0 Å². The van der Waals surface area contributed by atoms with Crippen molar-refractivity contribution in [3.8, 4) is 11.5 Å². The van der Waals surface area contributed by atoms with Crippen molar-refractivity contribution in [3.63, 3.8) is 0 Å². The molecule has 1 aromatic rings. The molecular formula is C20H33NO3. The van der Waals surface area contributed by atoms with Crippen LogP contribution < -0.4 is 9.47 Å². The van der Waals surface area contributed by atoms with Crippen molar-refractivity contribution in [2.45, 2.75) is 57.4 Å². The summed E-state index contributed by atoms with van der Waals surface area (Å²) in [6, 6.07) is 6.60. The summed E-state index contributed by atoms with van der Waals surface area (Å²) in [4.78, 5) is 2.72. The molecule has 136 valence electrons. The molecule has 1 aromatic carbocycles. The van der Waals surface area contributed by atoms with Gasteiger partial charge in [-0.2, -0.15) is 0 Å². The molecule has 0 amide bonds. The van der Waals surface area contributed by atoms with Gasteiger partial charge in [-0.1, -0.05) is 25.3 Å². The van der Waals surface area contributed by atoms with Crippen LogP contribution in [0.1, 0.15) is 50.5 Å². The van der Waals surface area contributed by atoms with Gasteiger partial charge in [-0.05, 0) is 62.9 Å². The highest BCUT2D eigenvalue weighted by Crippen LogP contribution is 2.27. The number of aliphatic hydroxyl groups excluding tert-OH is 1. The number of hydrogen-bond acceptors (Lipinski definition) is 4. The van der Waals surface area contributed by atoms with Gasteiger partial charge in [-0.25, -0.2) is 0 Å². The maximum Gasteiger partial charge on any atom is 0.160 e. The Labute approximate surface area is 146 Å². The van der Waals surface area contributed by atoms with Crippen molar-refractivity contribution in [1.82, 2.24) is 4.90 Å². The first-order chi connectivity index (χ1) is 11.8. The number of benzene rings is 1. The zero-order valence-electron chi connectivity index (χ0n) is 15.3. The number of likely N-dealkylation sites (tertiary alicyclic amines) is 1. The van der Waals surface area contributed by atoms with Crippen molar-refractivity contribution in [2.24, 2.45) is 0 Å². The summed E-state index contributed by atoms with van der Waals surface area (Å²) >= 11 is 0. The first-order valence-corrected chi connectivity index (χ1v) is 9.34. The molecular weight excluding hydrogens is 302 g/mol. The summed E-state index contributed by atoms with van der Waals surface area (Å²) in [7, 11) is 3.20. The molecule has 2 aliphatic rings. The van der Waals surface area contributed by atoms with E-state index in [1.807, 2.05) is 18.2 Å². The average molecular weight is 335 g/mol. The van der Waals surface area contributed by atoms with Gasteiger partial charge in [0.1, 0.15) is 0 Å². The van der Waals surface area contributed by atoms with Gasteiger partial charge in [0, 0.05) is 12.6 Å². The summed E-state index contributed by atoms with van der Waals surface area (Å²) in [6.07, 6.45) is 11.0. The number of methoxy groups -OCH3 is 2. The first kappa shape index (κ1) is 19.1.